The Bertz CT molecular complexity index is 386. The maximum absolute atomic E-state index is 11.6. The van der Waals surface area contributed by atoms with Crippen LogP contribution in [0.2, 0.25) is 0 Å². The van der Waals surface area contributed by atoms with Gasteiger partial charge in [0.25, 0.3) is 0 Å². The first-order valence-corrected chi connectivity index (χ1v) is 6.01. The van der Waals surface area contributed by atoms with Crippen molar-refractivity contribution in [2.75, 3.05) is 13.7 Å². The second-order valence-corrected chi connectivity index (χ2v) is 5.19. The van der Waals surface area contributed by atoms with E-state index in [0.29, 0.717) is 5.90 Å². The summed E-state index contributed by atoms with van der Waals surface area (Å²) in [7, 11) is 1.29. The van der Waals surface area contributed by atoms with Crippen molar-refractivity contribution in [2.24, 2.45) is 4.99 Å². The number of carbonyl (C=O) groups is 2. The molecule has 19 heavy (non-hydrogen) atoms. The van der Waals surface area contributed by atoms with Crippen LogP contribution in [0, 0.1) is 0 Å². The molecule has 1 heterocycles. The van der Waals surface area contributed by atoms with E-state index in [2.05, 4.69) is 15.0 Å². The second kappa shape index (κ2) is 5.90. The van der Waals surface area contributed by atoms with E-state index in [-0.39, 0.29) is 6.61 Å². The molecule has 7 heteroatoms. The summed E-state index contributed by atoms with van der Waals surface area (Å²) in [5.74, 6) is -0.166. The highest BCUT2D eigenvalue weighted by Crippen LogP contribution is 2.10. The fourth-order valence-corrected chi connectivity index (χ4v) is 1.43. The third-order valence-corrected chi connectivity index (χ3v) is 2.25. The van der Waals surface area contributed by atoms with Crippen LogP contribution >= 0.6 is 0 Å². The van der Waals surface area contributed by atoms with Crippen LogP contribution in [-0.4, -0.2) is 49.4 Å². The largest absolute Gasteiger partial charge is 0.477 e. The maximum atomic E-state index is 11.6. The van der Waals surface area contributed by atoms with Gasteiger partial charge in [0, 0.05) is 0 Å². The third kappa shape index (κ3) is 4.76. The first-order valence-electron chi connectivity index (χ1n) is 6.01. The SMILES string of the molecule is COC(=O)[C@@H]1COC([C@H](C)NC(=O)OC(C)(C)C)=N1. The van der Waals surface area contributed by atoms with Gasteiger partial charge in [-0.1, -0.05) is 0 Å². The van der Waals surface area contributed by atoms with Gasteiger partial charge in [-0.2, -0.15) is 0 Å². The van der Waals surface area contributed by atoms with E-state index in [1.807, 2.05) is 0 Å². The average molecular weight is 272 g/mol. The van der Waals surface area contributed by atoms with E-state index < -0.39 is 29.7 Å². The van der Waals surface area contributed by atoms with Crippen LogP contribution in [0.5, 0.6) is 0 Å². The summed E-state index contributed by atoms with van der Waals surface area (Å²) in [6.07, 6.45) is -0.562. The molecule has 0 bridgehead atoms. The molecule has 0 unspecified atom stereocenters. The number of methoxy groups -OCH3 is 1. The predicted molar refractivity (Wildman–Crippen MR) is 68.0 cm³/mol. The van der Waals surface area contributed by atoms with Crippen LogP contribution in [0.4, 0.5) is 4.79 Å². The van der Waals surface area contributed by atoms with E-state index in [1.165, 1.54) is 7.11 Å². The van der Waals surface area contributed by atoms with Gasteiger partial charge in [0.15, 0.2) is 6.04 Å². The standard InChI is InChI=1S/C12H20N2O5/c1-7(13-11(16)19-12(2,3)4)9-14-8(6-18-9)10(15)17-5/h7-8H,6H2,1-5H3,(H,13,16)/t7-,8-/m0/s1. The molecule has 1 N–H and O–H groups in total. The molecule has 0 saturated carbocycles. The zero-order valence-corrected chi connectivity index (χ0v) is 11.9. The summed E-state index contributed by atoms with van der Waals surface area (Å²) < 4.78 is 14.9. The molecule has 0 aromatic carbocycles. The molecular formula is C12H20N2O5. The first-order chi connectivity index (χ1) is 8.73. The highest BCUT2D eigenvalue weighted by Gasteiger charge is 2.30. The van der Waals surface area contributed by atoms with Crippen molar-refractivity contribution < 1.29 is 23.8 Å². The van der Waals surface area contributed by atoms with Gasteiger partial charge in [-0.15, -0.1) is 0 Å². The number of hydrogen-bond acceptors (Lipinski definition) is 6. The number of alkyl carbamates (subject to hydrolysis) is 1. The Labute approximate surface area is 112 Å². The summed E-state index contributed by atoms with van der Waals surface area (Å²) >= 11 is 0. The molecule has 1 aliphatic rings. The molecule has 0 radical (unpaired) electrons. The van der Waals surface area contributed by atoms with Gasteiger partial charge in [0.05, 0.1) is 7.11 Å². The Morgan fingerprint density at radius 2 is 2.11 bits per heavy atom. The highest BCUT2D eigenvalue weighted by molar-refractivity contribution is 5.90. The van der Waals surface area contributed by atoms with Crippen LogP contribution in [0.15, 0.2) is 4.99 Å². The monoisotopic (exact) mass is 272 g/mol. The molecular weight excluding hydrogens is 252 g/mol. The number of nitrogens with one attached hydrogen (secondary N) is 1. The van der Waals surface area contributed by atoms with Gasteiger partial charge in [0.1, 0.15) is 18.2 Å². The first kappa shape index (κ1) is 15.3. The lowest BCUT2D eigenvalue weighted by molar-refractivity contribution is -0.142. The summed E-state index contributed by atoms with van der Waals surface area (Å²) in [6, 6.07) is -1.13. The van der Waals surface area contributed by atoms with Crippen molar-refractivity contribution >= 4 is 18.0 Å². The molecule has 0 aromatic heterocycles. The Hall–Kier alpha value is -1.79. The molecule has 0 aromatic rings. The molecule has 1 aliphatic heterocycles. The topological polar surface area (TPSA) is 86.2 Å². The molecule has 2 atom stereocenters. The molecule has 108 valence electrons. The molecule has 1 amide bonds. The minimum atomic E-state index is -0.664. The maximum Gasteiger partial charge on any atom is 0.408 e. The molecule has 0 fully saturated rings. The third-order valence-electron chi connectivity index (χ3n) is 2.25. The van der Waals surface area contributed by atoms with Crippen LogP contribution < -0.4 is 5.32 Å². The van der Waals surface area contributed by atoms with Crippen molar-refractivity contribution in [2.45, 2.75) is 45.4 Å². The number of ether oxygens (including phenoxy) is 3. The Morgan fingerprint density at radius 1 is 1.47 bits per heavy atom. The smallest absolute Gasteiger partial charge is 0.408 e. The lowest BCUT2D eigenvalue weighted by Crippen LogP contribution is -2.41. The number of rotatable bonds is 3. The van der Waals surface area contributed by atoms with Crippen molar-refractivity contribution in [3.63, 3.8) is 0 Å². The fourth-order valence-electron chi connectivity index (χ4n) is 1.43. The van der Waals surface area contributed by atoms with Crippen LogP contribution in [0.3, 0.4) is 0 Å². The predicted octanol–water partition coefficient (Wildman–Crippen LogP) is 0.870. The summed E-state index contributed by atoms with van der Waals surface area (Å²) in [4.78, 5) is 26.9. The van der Waals surface area contributed by atoms with Gasteiger partial charge in [-0.05, 0) is 27.7 Å². The lowest BCUT2D eigenvalue weighted by Gasteiger charge is -2.21. The van der Waals surface area contributed by atoms with Gasteiger partial charge < -0.3 is 19.5 Å². The number of nitrogens with zero attached hydrogens (tertiary/aromatic N) is 1. The zero-order chi connectivity index (χ0) is 14.6. The average Bonchev–Trinajstić information content (AvgIpc) is 2.74. The zero-order valence-electron chi connectivity index (χ0n) is 11.9. The Kier molecular flexibility index (Phi) is 4.74. The van der Waals surface area contributed by atoms with Crippen LogP contribution in [0.25, 0.3) is 0 Å². The quantitative estimate of drug-likeness (QED) is 0.770. The number of amides is 1. The van der Waals surface area contributed by atoms with Crippen molar-refractivity contribution in [1.29, 1.82) is 0 Å². The Morgan fingerprint density at radius 3 is 2.63 bits per heavy atom. The lowest BCUT2D eigenvalue weighted by atomic mass is 10.2. The fraction of sp³-hybridized carbons (Fsp3) is 0.750. The minimum Gasteiger partial charge on any atom is -0.477 e. The van der Waals surface area contributed by atoms with Gasteiger partial charge in [0.2, 0.25) is 5.90 Å². The van der Waals surface area contributed by atoms with Crippen LogP contribution in [0.1, 0.15) is 27.7 Å². The van der Waals surface area contributed by atoms with Crippen LogP contribution in [-0.2, 0) is 19.0 Å². The van der Waals surface area contributed by atoms with Crippen molar-refractivity contribution in [3.8, 4) is 0 Å². The number of carbonyl (C=O) groups excluding carboxylic acids is 2. The van der Waals surface area contributed by atoms with Gasteiger partial charge in [-0.3, -0.25) is 0 Å². The van der Waals surface area contributed by atoms with Gasteiger partial charge >= 0.3 is 12.1 Å². The molecule has 0 aliphatic carbocycles. The van der Waals surface area contributed by atoms with E-state index in [4.69, 9.17) is 9.47 Å². The number of hydrogen-bond donors (Lipinski definition) is 1. The Balaban J connectivity index is 2.53. The molecule has 1 rings (SSSR count). The molecule has 0 spiro atoms. The second-order valence-electron chi connectivity index (χ2n) is 5.19. The summed E-state index contributed by atoms with van der Waals surface area (Å²) in [5.41, 5.74) is -0.573. The minimum absolute atomic E-state index is 0.127. The molecule has 0 saturated heterocycles. The van der Waals surface area contributed by atoms with Crippen molar-refractivity contribution in [3.05, 3.63) is 0 Å². The van der Waals surface area contributed by atoms with E-state index in [1.54, 1.807) is 27.7 Å². The normalized spacial score (nSPS) is 20.1. The highest BCUT2D eigenvalue weighted by atomic mass is 16.6. The van der Waals surface area contributed by atoms with E-state index in [9.17, 15) is 9.59 Å². The van der Waals surface area contributed by atoms with E-state index in [0.717, 1.165) is 0 Å². The van der Waals surface area contributed by atoms with Gasteiger partial charge in [-0.25, -0.2) is 14.6 Å². The molecule has 7 nitrogen and oxygen atoms in total. The number of esters is 1. The van der Waals surface area contributed by atoms with Crippen molar-refractivity contribution in [1.82, 2.24) is 5.32 Å². The summed E-state index contributed by atoms with van der Waals surface area (Å²) in [5, 5.41) is 2.59. The summed E-state index contributed by atoms with van der Waals surface area (Å²) in [6.45, 7) is 7.14. The van der Waals surface area contributed by atoms with E-state index >= 15 is 0 Å². The number of aliphatic imine (C=N–C) groups is 1.